The Balaban J connectivity index is 2.47. The molecule has 0 unspecified atom stereocenters. The zero-order valence-electron chi connectivity index (χ0n) is 10.4. The molecule has 2 rings (SSSR count). The topological polar surface area (TPSA) is 0 Å². The number of hydrogen-bond donors (Lipinski definition) is 0. The summed E-state index contributed by atoms with van der Waals surface area (Å²) >= 11 is 0. The zero-order valence-corrected chi connectivity index (χ0v) is 10.4. The Morgan fingerprint density at radius 2 is 1.18 bits per heavy atom. The van der Waals surface area contributed by atoms with Gasteiger partial charge in [-0.1, -0.05) is 80.6 Å². The number of hydrogen-bond acceptors (Lipinski definition) is 0. The van der Waals surface area contributed by atoms with Crippen molar-refractivity contribution in [3.8, 4) is 0 Å². The van der Waals surface area contributed by atoms with Crippen LogP contribution in [0.4, 0.5) is 0 Å². The molecule has 0 nitrogen and oxygen atoms in total. The Labute approximate surface area is 104 Å². The molecule has 2 aromatic carbocycles. The van der Waals surface area contributed by atoms with E-state index in [0.717, 1.165) is 0 Å². The van der Waals surface area contributed by atoms with Crippen molar-refractivity contribution in [3.05, 3.63) is 77.9 Å². The van der Waals surface area contributed by atoms with Gasteiger partial charge in [0.05, 0.1) is 0 Å². The Hall–Kier alpha value is -1.82. The maximum absolute atomic E-state index is 2.32. The summed E-state index contributed by atoms with van der Waals surface area (Å²) in [4.78, 5) is 0. The van der Waals surface area contributed by atoms with Gasteiger partial charge in [0.25, 0.3) is 0 Å². The van der Waals surface area contributed by atoms with E-state index in [-0.39, 0.29) is 0 Å². The summed E-state index contributed by atoms with van der Waals surface area (Å²) in [5, 5.41) is 0. The van der Waals surface area contributed by atoms with Crippen molar-refractivity contribution < 1.29 is 0 Å². The molecule has 0 aromatic heterocycles. The van der Waals surface area contributed by atoms with Gasteiger partial charge >= 0.3 is 0 Å². The molecule has 0 N–H and O–H groups in total. The van der Waals surface area contributed by atoms with Crippen molar-refractivity contribution in [2.45, 2.75) is 13.8 Å². The lowest BCUT2D eigenvalue weighted by molar-refractivity contribution is 0.833. The quantitative estimate of drug-likeness (QED) is 0.701. The van der Waals surface area contributed by atoms with Gasteiger partial charge in [-0.05, 0) is 22.6 Å². The molecule has 0 heteroatoms. The van der Waals surface area contributed by atoms with Crippen molar-refractivity contribution in [1.29, 1.82) is 0 Å². The van der Waals surface area contributed by atoms with Gasteiger partial charge in [0.1, 0.15) is 0 Å². The number of benzene rings is 2. The first-order chi connectivity index (χ1) is 8.27. The van der Waals surface area contributed by atoms with Crippen LogP contribution in [0.15, 0.2) is 66.7 Å². The summed E-state index contributed by atoms with van der Waals surface area (Å²) in [5.74, 6) is 0.547. The maximum atomic E-state index is 2.32. The van der Waals surface area contributed by atoms with Crippen molar-refractivity contribution in [3.63, 3.8) is 0 Å². The van der Waals surface area contributed by atoms with Crippen LogP contribution in [-0.4, -0.2) is 0 Å². The fraction of sp³-hybridized carbons (Fsp3) is 0.176. The molecular weight excluding hydrogens is 204 g/mol. The highest BCUT2D eigenvalue weighted by Gasteiger charge is 2.04. The van der Waals surface area contributed by atoms with E-state index in [1.807, 2.05) is 0 Å². The van der Waals surface area contributed by atoms with Crippen LogP contribution in [-0.2, 0) is 0 Å². The first-order valence-corrected chi connectivity index (χ1v) is 6.10. The standard InChI is InChI=1S/C17H18/c1-14(2)13-17(15-9-5-3-6-10-15)16-11-7-4-8-12-16/h3-14H,1-2H3. The predicted molar refractivity (Wildman–Crippen MR) is 74.8 cm³/mol. The highest BCUT2D eigenvalue weighted by molar-refractivity contribution is 5.79. The van der Waals surface area contributed by atoms with Gasteiger partial charge in [0, 0.05) is 0 Å². The second kappa shape index (κ2) is 5.49. The van der Waals surface area contributed by atoms with Gasteiger partial charge in [-0.25, -0.2) is 0 Å². The van der Waals surface area contributed by atoms with Crippen LogP contribution in [0, 0.1) is 5.92 Å². The fourth-order valence-corrected chi connectivity index (χ4v) is 1.93. The molecule has 0 amide bonds. The molecule has 0 saturated heterocycles. The Bertz CT molecular complexity index is 436. The van der Waals surface area contributed by atoms with E-state index in [1.165, 1.54) is 16.7 Å². The Morgan fingerprint density at radius 3 is 1.53 bits per heavy atom. The molecule has 2 aromatic rings. The second-order valence-electron chi connectivity index (χ2n) is 4.56. The van der Waals surface area contributed by atoms with E-state index < -0.39 is 0 Å². The van der Waals surface area contributed by atoms with Gasteiger partial charge in [-0.15, -0.1) is 0 Å². The molecule has 0 aliphatic carbocycles. The van der Waals surface area contributed by atoms with Crippen LogP contribution in [0.2, 0.25) is 0 Å². The van der Waals surface area contributed by atoms with Crippen molar-refractivity contribution in [2.24, 2.45) is 5.92 Å². The fourth-order valence-electron chi connectivity index (χ4n) is 1.93. The van der Waals surface area contributed by atoms with E-state index >= 15 is 0 Å². The highest BCUT2D eigenvalue weighted by atomic mass is 14.1. The van der Waals surface area contributed by atoms with Gasteiger partial charge in [0.15, 0.2) is 0 Å². The second-order valence-corrected chi connectivity index (χ2v) is 4.56. The van der Waals surface area contributed by atoms with Crippen LogP contribution in [0.25, 0.3) is 5.57 Å². The average Bonchev–Trinajstić information content (AvgIpc) is 2.38. The van der Waals surface area contributed by atoms with Crippen LogP contribution in [0.5, 0.6) is 0 Å². The van der Waals surface area contributed by atoms with Crippen LogP contribution in [0.1, 0.15) is 25.0 Å². The highest BCUT2D eigenvalue weighted by Crippen LogP contribution is 2.24. The minimum absolute atomic E-state index is 0.547. The summed E-state index contributed by atoms with van der Waals surface area (Å²) in [5.41, 5.74) is 3.89. The SMILES string of the molecule is CC(C)C=C(c1ccccc1)c1ccccc1. The maximum Gasteiger partial charge on any atom is -0.0149 e. The molecule has 0 atom stereocenters. The summed E-state index contributed by atoms with van der Waals surface area (Å²) in [6.45, 7) is 4.43. The third kappa shape index (κ3) is 3.07. The van der Waals surface area contributed by atoms with E-state index in [2.05, 4.69) is 80.6 Å². The zero-order chi connectivity index (χ0) is 12.1. The molecule has 0 spiro atoms. The molecule has 0 fully saturated rings. The summed E-state index contributed by atoms with van der Waals surface area (Å²) in [6.07, 6.45) is 2.32. The molecule has 0 saturated carbocycles. The lowest BCUT2D eigenvalue weighted by Crippen LogP contribution is -1.90. The van der Waals surface area contributed by atoms with Gasteiger partial charge < -0.3 is 0 Å². The van der Waals surface area contributed by atoms with E-state index in [9.17, 15) is 0 Å². The van der Waals surface area contributed by atoms with Gasteiger partial charge in [-0.3, -0.25) is 0 Å². The molecule has 0 heterocycles. The van der Waals surface area contributed by atoms with Crippen molar-refractivity contribution in [1.82, 2.24) is 0 Å². The lowest BCUT2D eigenvalue weighted by atomic mass is 9.95. The first-order valence-electron chi connectivity index (χ1n) is 6.10. The van der Waals surface area contributed by atoms with Crippen LogP contribution in [0.3, 0.4) is 0 Å². The molecule has 0 radical (unpaired) electrons. The monoisotopic (exact) mass is 222 g/mol. The minimum Gasteiger partial charge on any atom is -0.0735 e. The number of rotatable bonds is 3. The first kappa shape index (κ1) is 11.7. The third-order valence-electron chi connectivity index (χ3n) is 2.67. The van der Waals surface area contributed by atoms with Gasteiger partial charge in [0.2, 0.25) is 0 Å². The average molecular weight is 222 g/mol. The smallest absolute Gasteiger partial charge is 0.0149 e. The Kier molecular flexibility index (Phi) is 3.77. The summed E-state index contributed by atoms with van der Waals surface area (Å²) < 4.78 is 0. The van der Waals surface area contributed by atoms with Crippen molar-refractivity contribution >= 4 is 5.57 Å². The summed E-state index contributed by atoms with van der Waals surface area (Å²) in [6, 6.07) is 21.1. The largest absolute Gasteiger partial charge is 0.0735 e. The molecular formula is C17H18. The molecule has 0 bridgehead atoms. The normalized spacial score (nSPS) is 10.3. The predicted octanol–water partition coefficient (Wildman–Crippen LogP) is 4.77. The van der Waals surface area contributed by atoms with E-state index in [1.54, 1.807) is 0 Å². The van der Waals surface area contributed by atoms with E-state index in [0.29, 0.717) is 5.92 Å². The van der Waals surface area contributed by atoms with Crippen molar-refractivity contribution in [2.75, 3.05) is 0 Å². The molecule has 0 aliphatic heterocycles. The van der Waals surface area contributed by atoms with Gasteiger partial charge in [-0.2, -0.15) is 0 Å². The molecule has 86 valence electrons. The minimum atomic E-state index is 0.547. The van der Waals surface area contributed by atoms with E-state index in [4.69, 9.17) is 0 Å². The number of allylic oxidation sites excluding steroid dienone is 1. The molecule has 0 aliphatic rings. The lowest BCUT2D eigenvalue weighted by Gasteiger charge is -2.10. The Morgan fingerprint density at radius 1 is 0.765 bits per heavy atom. The van der Waals surface area contributed by atoms with Crippen LogP contribution < -0.4 is 0 Å². The van der Waals surface area contributed by atoms with Crippen LogP contribution >= 0.6 is 0 Å². The summed E-state index contributed by atoms with van der Waals surface area (Å²) in [7, 11) is 0. The molecule has 17 heavy (non-hydrogen) atoms. The third-order valence-corrected chi connectivity index (χ3v) is 2.67.